The predicted molar refractivity (Wildman–Crippen MR) is 183 cm³/mol. The number of benzene rings is 5. The van der Waals surface area contributed by atoms with E-state index in [1.165, 1.54) is 21.5 Å². The normalized spacial score (nSPS) is 13.7. The second kappa shape index (κ2) is 12.4. The molecule has 0 bridgehead atoms. The first kappa shape index (κ1) is 29.2. The Labute approximate surface area is 262 Å². The van der Waals surface area contributed by atoms with Gasteiger partial charge in [0.05, 0.1) is 0 Å². The van der Waals surface area contributed by atoms with E-state index >= 15 is 0 Å². The monoisotopic (exact) mass is 651 g/mol. The number of esters is 1. The van der Waals surface area contributed by atoms with Gasteiger partial charge in [0.15, 0.2) is 0 Å². The molecule has 0 unspecified atom stereocenters. The molecule has 5 aromatic rings. The Bertz CT molecular complexity index is 1600. The molecule has 0 radical (unpaired) electrons. The number of rotatable bonds is 9. The molecule has 0 amide bonds. The Morgan fingerprint density at radius 2 is 1.35 bits per heavy atom. The van der Waals surface area contributed by atoms with E-state index in [4.69, 9.17) is 9.47 Å². The topological polar surface area (TPSA) is 38.8 Å². The fraction of sp³-hybridized carbons (Fsp3) is 0.162. The molecule has 0 saturated carbocycles. The number of ether oxygens (including phenoxy) is 2. The van der Waals surface area contributed by atoms with Gasteiger partial charge in [-0.25, -0.2) is 0 Å². The zero-order valence-corrected chi connectivity index (χ0v) is 26.7. The second-order valence-corrected chi connectivity index (χ2v) is 20.1. The Morgan fingerprint density at radius 3 is 1.91 bits per heavy atom. The Balaban J connectivity index is 1.21. The summed E-state index contributed by atoms with van der Waals surface area (Å²) >= 11 is 4.42. The van der Waals surface area contributed by atoms with Crippen LogP contribution in [-0.4, -0.2) is 18.9 Å². The molecular weight excluding hydrogens is 617 g/mol. The van der Waals surface area contributed by atoms with Crippen molar-refractivity contribution in [3.63, 3.8) is 0 Å². The molecule has 0 spiro atoms. The minimum atomic E-state index is -3.19. The summed E-state index contributed by atoms with van der Waals surface area (Å²) < 4.78 is 11.9. The number of fused-ring (bicyclic) bond motifs is 1. The Morgan fingerprint density at radius 1 is 0.791 bits per heavy atom. The van der Waals surface area contributed by atoms with Crippen molar-refractivity contribution in [3.8, 4) is 5.75 Å². The van der Waals surface area contributed by atoms with E-state index in [0.29, 0.717) is 12.9 Å². The molecule has 0 N–H and O–H groups in total. The first-order valence-corrected chi connectivity index (χ1v) is 19.0. The minimum absolute atomic E-state index is 0.216. The molecule has 4 nitrogen and oxygen atoms in total. The number of halogens is 1. The van der Waals surface area contributed by atoms with E-state index in [9.17, 15) is 4.79 Å². The van der Waals surface area contributed by atoms with Gasteiger partial charge in [-0.2, -0.15) is 0 Å². The smallest absolute Gasteiger partial charge is 0.0573 e. The van der Waals surface area contributed by atoms with Gasteiger partial charge in [-0.1, -0.05) is 17.7 Å². The van der Waals surface area contributed by atoms with Crippen LogP contribution in [0.15, 0.2) is 133 Å². The van der Waals surface area contributed by atoms with Gasteiger partial charge >= 0.3 is 238 Å². The average Bonchev–Trinajstić information content (AvgIpc) is 3.07. The van der Waals surface area contributed by atoms with Crippen molar-refractivity contribution < 1.29 is 14.3 Å². The molecule has 218 valence electrons. The van der Waals surface area contributed by atoms with Gasteiger partial charge in [-0.05, 0) is 6.92 Å². The van der Waals surface area contributed by atoms with Crippen molar-refractivity contribution in [2.24, 2.45) is 0 Å². The van der Waals surface area contributed by atoms with Crippen LogP contribution >= 0.6 is 20.8 Å². The van der Waals surface area contributed by atoms with Crippen molar-refractivity contribution in [1.82, 2.24) is 0 Å². The van der Waals surface area contributed by atoms with Crippen LogP contribution in [0.2, 0.25) is 0 Å². The molecule has 6 rings (SSSR count). The van der Waals surface area contributed by atoms with Gasteiger partial charge in [0.1, 0.15) is 0 Å². The van der Waals surface area contributed by atoms with Crippen molar-refractivity contribution in [3.05, 3.63) is 150 Å². The van der Waals surface area contributed by atoms with Gasteiger partial charge in [0.25, 0.3) is 0 Å². The molecule has 5 aromatic carbocycles. The molecule has 43 heavy (non-hydrogen) atoms. The number of nitrogens with zero attached hydrogens (tertiary/aromatic N) is 1. The number of aryl methyl sites for hydroxylation is 1. The number of carbonyl (C=O) groups is 1. The fourth-order valence-electron chi connectivity index (χ4n) is 5.90. The van der Waals surface area contributed by atoms with Gasteiger partial charge in [0.2, 0.25) is 0 Å². The number of anilines is 1. The van der Waals surface area contributed by atoms with Crippen LogP contribution in [0.4, 0.5) is 5.69 Å². The molecule has 6 heteroatoms. The number of hydrogen-bond acceptors (Lipinski definition) is 4. The summed E-state index contributed by atoms with van der Waals surface area (Å²) in [6.45, 7) is 3.55. The molecule has 0 atom stereocenters. The number of carbonyl (C=O) groups excluding carboxylic acids is 1. The van der Waals surface area contributed by atoms with Gasteiger partial charge < -0.3 is 0 Å². The Hall–Kier alpha value is -3.92. The van der Waals surface area contributed by atoms with E-state index in [2.05, 4.69) is 130 Å². The summed E-state index contributed by atoms with van der Waals surface area (Å²) in [5, 5.41) is 0.372. The molecule has 0 aromatic heterocycles. The molecule has 1 heterocycles. The number of hydrogen-bond donors (Lipinski definition) is 0. The average molecular weight is 653 g/mol. The third-order valence-electron chi connectivity index (χ3n) is 8.28. The van der Waals surface area contributed by atoms with Gasteiger partial charge in [0, 0.05) is 0 Å². The van der Waals surface area contributed by atoms with Crippen LogP contribution in [0, 0.1) is 6.92 Å². The third kappa shape index (κ3) is 5.85. The summed E-state index contributed by atoms with van der Waals surface area (Å²) in [6, 6.07) is 46.1. The van der Waals surface area contributed by atoms with Crippen molar-refractivity contribution in [1.29, 1.82) is 0 Å². The molecule has 1 aliphatic heterocycles. The Kier molecular flexibility index (Phi) is 8.38. The predicted octanol–water partition coefficient (Wildman–Crippen LogP) is 7.62. The van der Waals surface area contributed by atoms with Crippen LogP contribution in [0.1, 0.15) is 23.1 Å². The van der Waals surface area contributed by atoms with Gasteiger partial charge in [-0.3, -0.25) is 0 Å². The summed E-state index contributed by atoms with van der Waals surface area (Å²) in [5.41, 5.74) is 4.39. The minimum Gasteiger partial charge on any atom is -0.0573 e. The van der Waals surface area contributed by atoms with Crippen molar-refractivity contribution in [2.45, 2.75) is 26.5 Å². The zero-order valence-electron chi connectivity index (χ0n) is 24.2. The first-order chi connectivity index (χ1) is 20.9. The SMILES string of the molecule is Cc1ccc(N2COc3ccc(COC(=O)CCP(Br)(c4ccccc4)(c4ccccc4)c4ccccc4)cc3C2)cc1. The van der Waals surface area contributed by atoms with Crippen LogP contribution in [0.3, 0.4) is 0 Å². The molecule has 0 fully saturated rings. The van der Waals surface area contributed by atoms with Crippen LogP contribution in [0.5, 0.6) is 5.75 Å². The maximum atomic E-state index is 13.4. The second-order valence-electron chi connectivity index (χ2n) is 11.1. The van der Waals surface area contributed by atoms with Crippen LogP contribution in [0.25, 0.3) is 0 Å². The summed E-state index contributed by atoms with van der Waals surface area (Å²) in [7, 11) is 0. The van der Waals surface area contributed by atoms with E-state index < -0.39 is 5.31 Å². The van der Waals surface area contributed by atoms with Crippen LogP contribution < -0.4 is 25.6 Å². The summed E-state index contributed by atoms with van der Waals surface area (Å²) in [4.78, 5) is 15.6. The fourth-order valence-corrected chi connectivity index (χ4v) is 13.2. The quantitative estimate of drug-likeness (QED) is 0.121. The van der Waals surface area contributed by atoms with E-state index in [1.54, 1.807) is 0 Å². The van der Waals surface area contributed by atoms with Crippen LogP contribution in [-0.2, 0) is 22.7 Å². The first-order valence-electron chi connectivity index (χ1n) is 14.6. The molecule has 0 aliphatic carbocycles. The zero-order chi connectivity index (χ0) is 29.7. The summed E-state index contributed by atoms with van der Waals surface area (Å²) in [6.07, 6.45) is 0.878. The van der Waals surface area contributed by atoms with E-state index in [-0.39, 0.29) is 19.0 Å². The third-order valence-corrected chi connectivity index (χ3v) is 18.2. The van der Waals surface area contributed by atoms with Crippen molar-refractivity contribution in [2.75, 3.05) is 17.8 Å². The maximum absolute atomic E-state index is 13.4. The standard InChI is InChI=1S/C37H35BrNO3P/c1-29-17-20-32(21-18-29)39-26-31-25-30(19-22-36(31)42-28-39)27-41-37(40)23-24-43(38,33-11-5-2-6-12-33,34-13-7-3-8-14-34)35-15-9-4-10-16-35/h2-22,25H,23-24,26-28H2,1H3. The van der Waals surface area contributed by atoms with E-state index in [0.717, 1.165) is 29.1 Å². The van der Waals surface area contributed by atoms with E-state index in [1.807, 2.05) is 30.3 Å². The van der Waals surface area contributed by atoms with Crippen molar-refractivity contribution >= 4 is 48.4 Å². The molecule has 1 aliphatic rings. The molecule has 0 saturated heterocycles. The van der Waals surface area contributed by atoms with Gasteiger partial charge in [-0.15, -0.1) is 0 Å². The summed E-state index contributed by atoms with van der Waals surface area (Å²) in [5.74, 6) is 0.662. The molecular formula is C37H35BrNO3P.